The van der Waals surface area contributed by atoms with Crippen molar-refractivity contribution in [3.63, 3.8) is 0 Å². The van der Waals surface area contributed by atoms with E-state index in [1.807, 2.05) is 0 Å². The van der Waals surface area contributed by atoms with Crippen LogP contribution in [0.1, 0.15) is 29.2 Å². The molecule has 1 nitrogen and oxygen atoms in total. The van der Waals surface area contributed by atoms with E-state index in [4.69, 9.17) is 5.73 Å². The van der Waals surface area contributed by atoms with Gasteiger partial charge in [0.25, 0.3) is 0 Å². The normalized spacial score (nSPS) is 21.8. The number of nitrogens with one attached hydrogen (secondary N) is 1. The van der Waals surface area contributed by atoms with E-state index < -0.39 is 0 Å². The lowest BCUT2D eigenvalue weighted by Gasteiger charge is -2.03. The van der Waals surface area contributed by atoms with Gasteiger partial charge in [0.05, 0.1) is 0 Å². The number of benzene rings is 1. The Morgan fingerprint density at radius 2 is 2.27 bits per heavy atom. The number of aryl methyl sites for hydroxylation is 2. The summed E-state index contributed by atoms with van der Waals surface area (Å²) in [6.07, 6.45) is 2.11. The van der Waals surface area contributed by atoms with Crippen molar-refractivity contribution in [2.45, 2.75) is 25.8 Å². The molecule has 0 fully saturated rings. The zero-order valence-electron chi connectivity index (χ0n) is 6.72. The van der Waals surface area contributed by atoms with Gasteiger partial charge in [-0.05, 0) is 30.9 Å². The van der Waals surface area contributed by atoms with Gasteiger partial charge in [-0.25, -0.2) is 5.73 Å². The van der Waals surface area contributed by atoms with Gasteiger partial charge < -0.3 is 0 Å². The summed E-state index contributed by atoms with van der Waals surface area (Å²) in [7, 11) is 0. The molecule has 0 aromatic heterocycles. The van der Waals surface area contributed by atoms with E-state index in [9.17, 15) is 0 Å². The third-order valence-electron chi connectivity index (χ3n) is 2.38. The van der Waals surface area contributed by atoms with Crippen LogP contribution >= 0.6 is 0 Å². The van der Waals surface area contributed by atoms with Gasteiger partial charge in [-0.1, -0.05) is 23.8 Å². The van der Waals surface area contributed by atoms with Crippen molar-refractivity contribution in [2.24, 2.45) is 0 Å². The first-order chi connectivity index (χ1) is 5.27. The lowest BCUT2D eigenvalue weighted by atomic mass is 10.1. The van der Waals surface area contributed by atoms with Gasteiger partial charge in [-0.15, -0.1) is 0 Å². The fraction of sp³-hybridized carbons (Fsp3) is 0.400. The lowest BCUT2D eigenvalue weighted by Crippen LogP contribution is -1.92. The van der Waals surface area contributed by atoms with Crippen molar-refractivity contribution in [3.05, 3.63) is 34.9 Å². The van der Waals surface area contributed by atoms with Gasteiger partial charge in [0.2, 0.25) is 0 Å². The molecule has 11 heavy (non-hydrogen) atoms. The Morgan fingerprint density at radius 1 is 1.45 bits per heavy atom. The Kier molecular flexibility index (Phi) is 1.46. The summed E-state index contributed by atoms with van der Waals surface area (Å²) in [5.41, 5.74) is 11.6. The predicted molar refractivity (Wildman–Crippen MR) is 45.3 cm³/mol. The smallest absolute Gasteiger partial charge is 0.0468 e. The molecule has 0 saturated heterocycles. The molecule has 1 aromatic carbocycles. The minimum atomic E-state index is 0.0462. The maximum absolute atomic E-state index is 7.71. The SMILES string of the molecule is Cc1ccc2c(c1)[C@@H]([NH])CC2. The number of hydrogen-bond acceptors (Lipinski definition) is 0. The van der Waals surface area contributed by atoms with Gasteiger partial charge in [-0.3, -0.25) is 0 Å². The van der Waals surface area contributed by atoms with Crippen molar-refractivity contribution < 1.29 is 0 Å². The lowest BCUT2D eigenvalue weighted by molar-refractivity contribution is 0.691. The number of fused-ring (bicyclic) bond motifs is 1. The van der Waals surface area contributed by atoms with Crippen molar-refractivity contribution in [1.82, 2.24) is 5.73 Å². The Balaban J connectivity index is 2.52. The molecule has 0 heterocycles. The average molecular weight is 146 g/mol. The second kappa shape index (κ2) is 2.35. The Bertz CT molecular complexity index is 278. The molecule has 0 bridgehead atoms. The van der Waals surface area contributed by atoms with Gasteiger partial charge in [0, 0.05) is 6.04 Å². The molecule has 1 aliphatic carbocycles. The molecule has 1 radical (unpaired) electrons. The summed E-state index contributed by atoms with van der Waals surface area (Å²) >= 11 is 0. The van der Waals surface area contributed by atoms with Crippen molar-refractivity contribution in [1.29, 1.82) is 0 Å². The van der Waals surface area contributed by atoms with Crippen LogP contribution in [-0.2, 0) is 6.42 Å². The maximum atomic E-state index is 7.71. The highest BCUT2D eigenvalue weighted by atomic mass is 14.6. The molecule has 1 atom stereocenters. The summed E-state index contributed by atoms with van der Waals surface area (Å²) in [4.78, 5) is 0. The van der Waals surface area contributed by atoms with Gasteiger partial charge in [0.15, 0.2) is 0 Å². The molecule has 0 spiro atoms. The molecule has 1 heteroatoms. The van der Waals surface area contributed by atoms with E-state index in [0.29, 0.717) is 0 Å². The van der Waals surface area contributed by atoms with E-state index in [0.717, 1.165) is 12.8 Å². The molecule has 0 unspecified atom stereocenters. The largest absolute Gasteiger partial charge is 0.250 e. The molecule has 0 saturated carbocycles. The predicted octanol–water partition coefficient (Wildman–Crippen LogP) is 2.27. The first-order valence-electron chi connectivity index (χ1n) is 4.08. The topological polar surface area (TPSA) is 23.8 Å². The van der Waals surface area contributed by atoms with Gasteiger partial charge in [0.1, 0.15) is 0 Å². The Labute approximate surface area is 67.2 Å². The van der Waals surface area contributed by atoms with Crippen molar-refractivity contribution in [3.8, 4) is 0 Å². The summed E-state index contributed by atoms with van der Waals surface area (Å²) in [5.74, 6) is 0. The number of hydrogen-bond donors (Lipinski definition) is 0. The molecular formula is C10H12N. The summed E-state index contributed by atoms with van der Waals surface area (Å²) in [6, 6.07) is 6.50. The van der Waals surface area contributed by atoms with Crippen molar-refractivity contribution >= 4 is 0 Å². The van der Waals surface area contributed by atoms with Crippen LogP contribution in [0, 0.1) is 6.92 Å². The molecule has 0 amide bonds. The molecule has 1 aliphatic rings. The fourth-order valence-electron chi connectivity index (χ4n) is 1.72. The second-order valence-electron chi connectivity index (χ2n) is 3.29. The monoisotopic (exact) mass is 146 g/mol. The van der Waals surface area contributed by atoms with Gasteiger partial charge >= 0.3 is 0 Å². The first kappa shape index (κ1) is 6.86. The number of rotatable bonds is 0. The Hall–Kier alpha value is -0.820. The Morgan fingerprint density at radius 3 is 3.09 bits per heavy atom. The third-order valence-corrected chi connectivity index (χ3v) is 2.38. The standard InChI is InChI=1S/C10H12N/c1-7-2-3-8-4-5-10(11)9(8)6-7/h2-3,6,10-11H,4-5H2,1H3/t10-/m0/s1. The van der Waals surface area contributed by atoms with E-state index in [1.54, 1.807) is 0 Å². The highest BCUT2D eigenvalue weighted by Gasteiger charge is 2.18. The van der Waals surface area contributed by atoms with Crippen LogP contribution in [-0.4, -0.2) is 0 Å². The summed E-state index contributed by atoms with van der Waals surface area (Å²) < 4.78 is 0. The minimum Gasteiger partial charge on any atom is -0.250 e. The van der Waals surface area contributed by atoms with Crippen LogP contribution in [0.5, 0.6) is 0 Å². The third kappa shape index (κ3) is 1.05. The zero-order chi connectivity index (χ0) is 7.84. The molecule has 57 valence electrons. The summed E-state index contributed by atoms with van der Waals surface area (Å²) in [6.45, 7) is 2.09. The highest BCUT2D eigenvalue weighted by molar-refractivity contribution is 5.37. The van der Waals surface area contributed by atoms with Crippen LogP contribution in [0.25, 0.3) is 0 Å². The van der Waals surface area contributed by atoms with E-state index >= 15 is 0 Å². The minimum absolute atomic E-state index is 0.0462. The average Bonchev–Trinajstić information content (AvgIpc) is 2.33. The maximum Gasteiger partial charge on any atom is 0.0468 e. The van der Waals surface area contributed by atoms with Crippen LogP contribution in [0.15, 0.2) is 18.2 Å². The van der Waals surface area contributed by atoms with Crippen LogP contribution in [0.2, 0.25) is 0 Å². The van der Waals surface area contributed by atoms with Crippen LogP contribution in [0.3, 0.4) is 0 Å². The van der Waals surface area contributed by atoms with Crippen LogP contribution < -0.4 is 5.73 Å². The quantitative estimate of drug-likeness (QED) is 0.536. The van der Waals surface area contributed by atoms with Gasteiger partial charge in [-0.2, -0.15) is 0 Å². The second-order valence-corrected chi connectivity index (χ2v) is 3.29. The highest BCUT2D eigenvalue weighted by Crippen LogP contribution is 2.30. The fourth-order valence-corrected chi connectivity index (χ4v) is 1.72. The molecule has 2 rings (SSSR count). The molecule has 1 aromatic rings. The molecule has 0 aliphatic heterocycles. The first-order valence-corrected chi connectivity index (χ1v) is 4.08. The van der Waals surface area contributed by atoms with Crippen LogP contribution in [0.4, 0.5) is 0 Å². The van der Waals surface area contributed by atoms with E-state index in [1.165, 1.54) is 16.7 Å². The molecular weight excluding hydrogens is 134 g/mol. The van der Waals surface area contributed by atoms with E-state index in [2.05, 4.69) is 25.1 Å². The van der Waals surface area contributed by atoms with E-state index in [-0.39, 0.29) is 6.04 Å². The molecule has 1 N–H and O–H groups in total. The summed E-state index contributed by atoms with van der Waals surface area (Å²) in [5, 5.41) is 0. The van der Waals surface area contributed by atoms with Crippen molar-refractivity contribution in [2.75, 3.05) is 0 Å². The zero-order valence-corrected chi connectivity index (χ0v) is 6.72.